The molecule has 0 atom stereocenters. The van der Waals surface area contributed by atoms with Gasteiger partial charge in [-0.25, -0.2) is 8.78 Å². The number of hydrogen-bond acceptors (Lipinski definition) is 0. The highest BCUT2D eigenvalue weighted by molar-refractivity contribution is 6.86. The lowest BCUT2D eigenvalue weighted by atomic mass is 9.97. The molecule has 0 radical (unpaired) electrons. The molecule has 0 unspecified atom stereocenters. The molecule has 0 aromatic heterocycles. The van der Waals surface area contributed by atoms with E-state index in [4.69, 9.17) is 0 Å². The maximum absolute atomic E-state index is 13.7. The van der Waals surface area contributed by atoms with Crippen LogP contribution in [0.2, 0.25) is 6.04 Å². The first-order chi connectivity index (χ1) is 12.2. The molecule has 0 amide bonds. The van der Waals surface area contributed by atoms with Crippen molar-refractivity contribution in [2.45, 2.75) is 6.04 Å². The Morgan fingerprint density at radius 3 is 1.96 bits per heavy atom. The predicted molar refractivity (Wildman–Crippen MR) is 102 cm³/mol. The lowest BCUT2D eigenvalue weighted by Crippen LogP contribution is -2.22. The van der Waals surface area contributed by atoms with Crippen molar-refractivity contribution in [3.05, 3.63) is 102 Å². The Morgan fingerprint density at radius 1 is 0.680 bits per heavy atom. The Kier molecular flexibility index (Phi) is 4.24. The molecule has 3 aromatic carbocycles. The summed E-state index contributed by atoms with van der Waals surface area (Å²) in [5.41, 5.74) is 7.13. The van der Waals surface area contributed by atoms with Crippen molar-refractivity contribution < 1.29 is 8.78 Å². The van der Waals surface area contributed by atoms with E-state index < -0.39 is 20.0 Å². The number of hydrogen-bond donors (Lipinski definition) is 0. The van der Waals surface area contributed by atoms with Gasteiger partial charge in [-0.15, -0.1) is 0 Å². The van der Waals surface area contributed by atoms with Crippen molar-refractivity contribution in [1.82, 2.24) is 0 Å². The van der Waals surface area contributed by atoms with Crippen molar-refractivity contribution in [3.63, 3.8) is 0 Å². The number of halogens is 2. The summed E-state index contributed by atoms with van der Waals surface area (Å²) in [4.78, 5) is 0. The van der Waals surface area contributed by atoms with E-state index in [9.17, 15) is 8.78 Å². The molecular weight excluding hydrogens is 330 g/mol. The maximum Gasteiger partial charge on any atom is 0.159 e. The smallest absolute Gasteiger partial charge is 0.159 e. The summed E-state index contributed by atoms with van der Waals surface area (Å²) in [6.07, 6.45) is 0. The van der Waals surface area contributed by atoms with Gasteiger partial charge in [0.2, 0.25) is 0 Å². The van der Waals surface area contributed by atoms with Gasteiger partial charge in [-0.3, -0.25) is 0 Å². The predicted octanol–water partition coefficient (Wildman–Crippen LogP) is 4.68. The third kappa shape index (κ3) is 3.15. The molecule has 0 spiro atoms. The van der Waals surface area contributed by atoms with Crippen LogP contribution in [0, 0.1) is 11.6 Å². The molecule has 4 rings (SSSR count). The zero-order valence-electron chi connectivity index (χ0n) is 13.5. The summed E-state index contributed by atoms with van der Waals surface area (Å²) >= 11 is 0. The Morgan fingerprint density at radius 2 is 1.32 bits per heavy atom. The Hall–Kier alpha value is -2.65. The van der Waals surface area contributed by atoms with Crippen LogP contribution in [0.4, 0.5) is 8.78 Å². The van der Waals surface area contributed by atoms with Crippen molar-refractivity contribution >= 4 is 30.4 Å². The zero-order chi connectivity index (χ0) is 17.2. The molecular formula is C22H16F2Si. The minimum Gasteiger partial charge on any atom is -0.204 e. The zero-order valence-corrected chi connectivity index (χ0v) is 14.5. The maximum atomic E-state index is 13.7. The molecule has 25 heavy (non-hydrogen) atoms. The molecule has 1 aliphatic heterocycles. The molecule has 0 N–H and O–H groups in total. The second-order valence-electron chi connectivity index (χ2n) is 6.10. The van der Waals surface area contributed by atoms with Crippen molar-refractivity contribution in [2.24, 2.45) is 0 Å². The fourth-order valence-corrected chi connectivity index (χ4v) is 5.80. The largest absolute Gasteiger partial charge is 0.204 e. The molecule has 0 bridgehead atoms. The first-order valence-electron chi connectivity index (χ1n) is 8.22. The summed E-state index contributed by atoms with van der Waals surface area (Å²) < 4.78 is 27.0. The standard InChI is InChI=1S/C22H16F2Si/c23-21-12-11-18(13-22(21)24)25-14-19(16-7-3-1-4-8-16)20(15-25)17-9-5-2-6-10-17/h1-14H,15H2. The van der Waals surface area contributed by atoms with Crippen molar-refractivity contribution in [3.8, 4) is 0 Å². The molecule has 3 heteroatoms. The van der Waals surface area contributed by atoms with Crippen LogP contribution in [0.25, 0.3) is 11.1 Å². The number of allylic oxidation sites excluding steroid dienone is 2. The van der Waals surface area contributed by atoms with Crippen LogP contribution in [0.3, 0.4) is 0 Å². The molecule has 0 aliphatic carbocycles. The average Bonchev–Trinajstić information content (AvgIpc) is 3.11. The van der Waals surface area contributed by atoms with Crippen LogP contribution < -0.4 is 5.19 Å². The van der Waals surface area contributed by atoms with Crippen LogP contribution in [0.5, 0.6) is 0 Å². The van der Waals surface area contributed by atoms with Gasteiger partial charge < -0.3 is 0 Å². The number of benzene rings is 3. The second-order valence-corrected chi connectivity index (χ2v) is 8.37. The molecule has 3 aromatic rings. The minimum atomic E-state index is -1.12. The third-order valence-electron chi connectivity index (χ3n) is 4.51. The quantitative estimate of drug-likeness (QED) is 0.604. The normalized spacial score (nSPS) is 13.9. The summed E-state index contributed by atoms with van der Waals surface area (Å²) in [5.74, 6) is -1.55. The van der Waals surface area contributed by atoms with Gasteiger partial charge in [-0.05, 0) is 45.6 Å². The van der Waals surface area contributed by atoms with Gasteiger partial charge in [-0.1, -0.05) is 72.4 Å². The van der Waals surface area contributed by atoms with Gasteiger partial charge in [0.25, 0.3) is 0 Å². The summed E-state index contributed by atoms with van der Waals surface area (Å²) in [6.45, 7) is 0. The van der Waals surface area contributed by atoms with Gasteiger partial charge in [0.15, 0.2) is 11.6 Å². The van der Waals surface area contributed by atoms with E-state index in [1.54, 1.807) is 6.07 Å². The average molecular weight is 346 g/mol. The van der Waals surface area contributed by atoms with Crippen LogP contribution in [0.15, 0.2) is 78.9 Å². The highest BCUT2D eigenvalue weighted by Gasteiger charge is 2.21. The van der Waals surface area contributed by atoms with Gasteiger partial charge in [0.1, 0.15) is 0 Å². The van der Waals surface area contributed by atoms with E-state index in [0.29, 0.717) is 0 Å². The van der Waals surface area contributed by atoms with E-state index in [-0.39, 0.29) is 0 Å². The van der Waals surface area contributed by atoms with Crippen LogP contribution in [-0.2, 0) is 0 Å². The van der Waals surface area contributed by atoms with E-state index >= 15 is 0 Å². The van der Waals surface area contributed by atoms with Gasteiger partial charge >= 0.3 is 0 Å². The number of rotatable bonds is 3. The summed E-state index contributed by atoms with van der Waals surface area (Å²) in [5, 5.41) is 0.906. The molecule has 0 saturated carbocycles. The molecule has 1 heterocycles. The Labute approximate surface area is 147 Å². The van der Waals surface area contributed by atoms with Crippen molar-refractivity contribution in [2.75, 3.05) is 0 Å². The van der Waals surface area contributed by atoms with E-state index in [1.807, 2.05) is 36.4 Å². The van der Waals surface area contributed by atoms with E-state index in [2.05, 4.69) is 29.9 Å². The SMILES string of the molecule is Fc1ccc([Si]2=CC(c3ccccc3)=C(c3ccccc3)C2)cc1F. The van der Waals surface area contributed by atoms with E-state index in [1.165, 1.54) is 34.4 Å². The van der Waals surface area contributed by atoms with Gasteiger partial charge in [-0.2, -0.15) is 0 Å². The minimum absolute atomic E-state index is 0.766. The molecule has 0 nitrogen and oxygen atoms in total. The fourth-order valence-electron chi connectivity index (χ4n) is 3.25. The molecule has 0 fully saturated rings. The van der Waals surface area contributed by atoms with Crippen molar-refractivity contribution in [1.29, 1.82) is 0 Å². The summed E-state index contributed by atoms with van der Waals surface area (Å²) in [7, 11) is -1.12. The lowest BCUT2D eigenvalue weighted by Gasteiger charge is -2.08. The molecule has 0 saturated heterocycles. The van der Waals surface area contributed by atoms with E-state index in [0.717, 1.165) is 11.2 Å². The van der Waals surface area contributed by atoms with Crippen LogP contribution in [-0.4, -0.2) is 14.1 Å². The van der Waals surface area contributed by atoms with Gasteiger partial charge in [0, 0.05) is 0 Å². The first kappa shape index (κ1) is 15.9. The van der Waals surface area contributed by atoms with Crippen LogP contribution >= 0.6 is 0 Å². The first-order valence-corrected chi connectivity index (χ1v) is 10.0. The lowest BCUT2D eigenvalue weighted by molar-refractivity contribution is 0.509. The van der Waals surface area contributed by atoms with Crippen LogP contribution in [0.1, 0.15) is 11.1 Å². The highest BCUT2D eigenvalue weighted by atomic mass is 28.2. The Bertz CT molecular complexity index is 973. The third-order valence-corrected chi connectivity index (χ3v) is 6.93. The Balaban J connectivity index is 1.81. The van der Waals surface area contributed by atoms with Gasteiger partial charge in [0.05, 0.1) is 8.41 Å². The summed E-state index contributed by atoms with van der Waals surface area (Å²) in [6, 6.07) is 25.8. The molecule has 122 valence electrons. The molecule has 1 aliphatic rings. The monoisotopic (exact) mass is 346 g/mol. The highest BCUT2D eigenvalue weighted by Crippen LogP contribution is 2.32. The fraction of sp³-hybridized carbons (Fsp3) is 0.0455. The second kappa shape index (κ2) is 6.69. The topological polar surface area (TPSA) is 0 Å².